The van der Waals surface area contributed by atoms with Crippen LogP contribution in [0, 0.1) is 45.8 Å². The van der Waals surface area contributed by atoms with Crippen molar-refractivity contribution in [3.63, 3.8) is 0 Å². The van der Waals surface area contributed by atoms with Crippen LogP contribution in [0.5, 0.6) is 0 Å². The summed E-state index contributed by atoms with van der Waals surface area (Å²) >= 11 is 0. The minimum atomic E-state index is -0.527. The number of ether oxygens (including phenoxy) is 3. The van der Waals surface area contributed by atoms with Crippen molar-refractivity contribution >= 4 is 17.7 Å². The van der Waals surface area contributed by atoms with Crippen LogP contribution in [0.1, 0.15) is 79.1 Å². The maximum atomic E-state index is 12.3. The Kier molecular flexibility index (Phi) is 6.14. The second-order valence-corrected chi connectivity index (χ2v) is 13.5. The Hall–Kier alpha value is -2.15. The van der Waals surface area contributed by atoms with Crippen LogP contribution in [0.4, 0.5) is 0 Å². The lowest BCUT2D eigenvalue weighted by molar-refractivity contribution is -0.154. The van der Waals surface area contributed by atoms with Crippen LogP contribution in [0.2, 0.25) is 0 Å². The maximum absolute atomic E-state index is 12.3. The Bertz CT molecular complexity index is 1110. The molecule has 10 unspecified atom stereocenters. The summed E-state index contributed by atoms with van der Waals surface area (Å²) in [6.45, 7) is 8.33. The lowest BCUT2D eigenvalue weighted by Gasteiger charge is -2.54. The molecule has 0 bridgehead atoms. The van der Waals surface area contributed by atoms with Gasteiger partial charge in [-0.3, -0.25) is 14.4 Å². The molecule has 0 amide bonds. The van der Waals surface area contributed by atoms with E-state index in [1.807, 2.05) is 6.08 Å². The van der Waals surface area contributed by atoms with Crippen molar-refractivity contribution in [2.24, 2.45) is 51.6 Å². The number of rotatable bonds is 6. The summed E-state index contributed by atoms with van der Waals surface area (Å²) in [5.41, 5.74) is 7.54. The first-order valence-electron chi connectivity index (χ1n) is 14.7. The molecule has 1 aliphatic heterocycles. The van der Waals surface area contributed by atoms with E-state index < -0.39 is 6.10 Å². The van der Waals surface area contributed by atoms with Crippen LogP contribution in [-0.4, -0.2) is 43.1 Å². The molecule has 4 fully saturated rings. The third kappa shape index (κ3) is 3.66. The number of allylic oxidation sites excluding steroid dienone is 2. The third-order valence-corrected chi connectivity index (χ3v) is 11.9. The summed E-state index contributed by atoms with van der Waals surface area (Å²) in [4.78, 5) is 36.7. The molecule has 38 heavy (non-hydrogen) atoms. The fourth-order valence-electron chi connectivity index (χ4n) is 10.2. The maximum Gasteiger partial charge on any atom is 0.303 e. The zero-order chi connectivity index (χ0) is 27.0. The standard InChI is InChI=1S/C31H43NO6/c1-17-15-36-28(22(17)14-32)27(38-19(3)34)13-25-26(37-18(2)33)12-24-23-6-5-20-11-21(35)7-8-30(20)16-31(23,30)10-9-29(24,25)4/h7-8,17,20,23-27H,5-6,9-16,32H2,1-4H3. The number of carbonyl (C=O) groups is 3. The van der Waals surface area contributed by atoms with Crippen molar-refractivity contribution < 1.29 is 28.6 Å². The van der Waals surface area contributed by atoms with E-state index in [0.29, 0.717) is 49.5 Å². The average Bonchev–Trinajstić information content (AvgIpc) is 3.25. The molecule has 4 saturated carbocycles. The summed E-state index contributed by atoms with van der Waals surface area (Å²) in [7, 11) is 0. The molecular formula is C31H43NO6. The summed E-state index contributed by atoms with van der Waals surface area (Å²) in [6, 6.07) is 0. The molecule has 208 valence electrons. The molecule has 1 heterocycles. The molecular weight excluding hydrogens is 482 g/mol. The highest BCUT2D eigenvalue weighted by Crippen LogP contribution is 2.84. The molecule has 7 heteroatoms. The van der Waals surface area contributed by atoms with Gasteiger partial charge in [0.2, 0.25) is 0 Å². The number of carbonyl (C=O) groups excluding carboxylic acids is 3. The number of hydrogen-bond donors (Lipinski definition) is 1. The molecule has 10 atom stereocenters. The van der Waals surface area contributed by atoms with Crippen molar-refractivity contribution in [3.05, 3.63) is 23.5 Å². The van der Waals surface area contributed by atoms with E-state index >= 15 is 0 Å². The molecule has 0 aromatic rings. The van der Waals surface area contributed by atoms with Gasteiger partial charge in [0.15, 0.2) is 11.9 Å². The van der Waals surface area contributed by atoms with Crippen LogP contribution in [0.15, 0.2) is 23.5 Å². The van der Waals surface area contributed by atoms with Crippen molar-refractivity contribution in [1.29, 1.82) is 0 Å². The van der Waals surface area contributed by atoms with Crippen molar-refractivity contribution in [3.8, 4) is 0 Å². The molecule has 0 aromatic carbocycles. The lowest BCUT2D eigenvalue weighted by Crippen LogP contribution is -2.48. The van der Waals surface area contributed by atoms with Gasteiger partial charge in [-0.05, 0) is 90.6 Å². The normalized spacial score (nSPS) is 45.3. The van der Waals surface area contributed by atoms with Crippen LogP contribution in [-0.2, 0) is 28.6 Å². The summed E-state index contributed by atoms with van der Waals surface area (Å²) in [5.74, 6) is 2.11. The van der Waals surface area contributed by atoms with E-state index in [2.05, 4.69) is 19.9 Å². The van der Waals surface area contributed by atoms with E-state index in [1.54, 1.807) is 0 Å². The van der Waals surface area contributed by atoms with Crippen molar-refractivity contribution in [2.45, 2.75) is 91.3 Å². The fourth-order valence-corrected chi connectivity index (χ4v) is 10.2. The molecule has 0 saturated heterocycles. The zero-order valence-electron chi connectivity index (χ0n) is 23.3. The molecule has 0 aromatic heterocycles. The molecule has 6 aliphatic rings. The van der Waals surface area contributed by atoms with Gasteiger partial charge in [0, 0.05) is 38.6 Å². The molecule has 0 radical (unpaired) electrons. The Balaban J connectivity index is 1.33. The third-order valence-electron chi connectivity index (χ3n) is 11.9. The van der Waals surface area contributed by atoms with Crippen molar-refractivity contribution in [2.75, 3.05) is 13.2 Å². The monoisotopic (exact) mass is 525 g/mol. The lowest BCUT2D eigenvalue weighted by atomic mass is 9.50. The van der Waals surface area contributed by atoms with E-state index in [-0.39, 0.29) is 51.9 Å². The van der Waals surface area contributed by atoms with Crippen LogP contribution < -0.4 is 5.73 Å². The highest BCUT2D eigenvalue weighted by atomic mass is 16.6. The Morgan fingerprint density at radius 1 is 1.18 bits per heavy atom. The first-order valence-corrected chi connectivity index (χ1v) is 14.7. The topological polar surface area (TPSA) is 105 Å². The van der Waals surface area contributed by atoms with Gasteiger partial charge >= 0.3 is 11.9 Å². The van der Waals surface area contributed by atoms with Crippen LogP contribution >= 0.6 is 0 Å². The van der Waals surface area contributed by atoms with Gasteiger partial charge in [-0.25, -0.2) is 0 Å². The van der Waals surface area contributed by atoms with E-state index in [4.69, 9.17) is 19.9 Å². The summed E-state index contributed by atoms with van der Waals surface area (Å²) < 4.78 is 18.0. The smallest absolute Gasteiger partial charge is 0.303 e. The van der Waals surface area contributed by atoms with Gasteiger partial charge in [0.1, 0.15) is 11.9 Å². The highest BCUT2D eigenvalue weighted by molar-refractivity contribution is 5.91. The zero-order valence-corrected chi connectivity index (χ0v) is 23.3. The van der Waals surface area contributed by atoms with Gasteiger partial charge in [0.25, 0.3) is 0 Å². The van der Waals surface area contributed by atoms with Gasteiger partial charge in [-0.1, -0.05) is 19.9 Å². The number of hydrogen-bond acceptors (Lipinski definition) is 7. The van der Waals surface area contributed by atoms with E-state index in [9.17, 15) is 14.4 Å². The number of fused-ring (bicyclic) bond motifs is 2. The predicted octanol–water partition coefficient (Wildman–Crippen LogP) is 4.49. The Morgan fingerprint density at radius 3 is 2.68 bits per heavy atom. The van der Waals surface area contributed by atoms with Crippen LogP contribution in [0.3, 0.4) is 0 Å². The molecule has 7 nitrogen and oxygen atoms in total. The molecule has 6 rings (SSSR count). The molecule has 5 aliphatic carbocycles. The summed E-state index contributed by atoms with van der Waals surface area (Å²) in [6.07, 6.45) is 11.2. The SMILES string of the molecule is CC(=O)OC(CC1C(OC(C)=O)CC2C3CCC4CC(=O)C=CC45CC35CCC12C)C1=C(CN)C(C)CO1. The quantitative estimate of drug-likeness (QED) is 0.510. The van der Waals surface area contributed by atoms with Gasteiger partial charge < -0.3 is 19.9 Å². The van der Waals surface area contributed by atoms with Gasteiger partial charge in [-0.15, -0.1) is 0 Å². The minimum absolute atomic E-state index is 0.0348. The Labute approximate surface area is 225 Å². The first kappa shape index (κ1) is 26.1. The average molecular weight is 526 g/mol. The van der Waals surface area contributed by atoms with Crippen molar-refractivity contribution in [1.82, 2.24) is 0 Å². The second-order valence-electron chi connectivity index (χ2n) is 13.5. The Morgan fingerprint density at radius 2 is 1.97 bits per heavy atom. The van der Waals surface area contributed by atoms with E-state index in [0.717, 1.165) is 37.7 Å². The van der Waals surface area contributed by atoms with Gasteiger partial charge in [-0.2, -0.15) is 0 Å². The molecule has 2 spiro atoms. The van der Waals surface area contributed by atoms with Crippen LogP contribution in [0.25, 0.3) is 0 Å². The minimum Gasteiger partial charge on any atom is -0.493 e. The van der Waals surface area contributed by atoms with Gasteiger partial charge in [0.05, 0.1) is 6.61 Å². The molecule has 2 N–H and O–H groups in total. The van der Waals surface area contributed by atoms with E-state index in [1.165, 1.54) is 20.3 Å². The largest absolute Gasteiger partial charge is 0.493 e. The summed E-state index contributed by atoms with van der Waals surface area (Å²) in [5, 5.41) is 0. The fraction of sp³-hybridized carbons (Fsp3) is 0.774. The number of nitrogens with two attached hydrogens (primary N) is 1. The highest BCUT2D eigenvalue weighted by Gasteiger charge is 2.78. The number of esters is 2. The number of ketones is 1. The predicted molar refractivity (Wildman–Crippen MR) is 140 cm³/mol. The first-order chi connectivity index (χ1) is 18.0. The second kappa shape index (κ2) is 8.94.